The largest absolute Gasteiger partial charge is 0.573 e. The third-order valence-corrected chi connectivity index (χ3v) is 7.88. The molecule has 4 aromatic rings. The van der Waals surface area contributed by atoms with Gasteiger partial charge in [-0.05, 0) is 44.0 Å². The average Bonchev–Trinajstić information content (AvgIpc) is 3.44. The van der Waals surface area contributed by atoms with Gasteiger partial charge in [0.15, 0.2) is 0 Å². The maximum atomic E-state index is 13.5. The van der Waals surface area contributed by atoms with E-state index in [1.807, 2.05) is 0 Å². The van der Waals surface area contributed by atoms with Crippen LogP contribution in [-0.2, 0) is 0 Å². The van der Waals surface area contributed by atoms with Gasteiger partial charge in [-0.3, -0.25) is 4.98 Å². The van der Waals surface area contributed by atoms with Crippen LogP contribution in [0.25, 0.3) is 20.8 Å². The van der Waals surface area contributed by atoms with Crippen molar-refractivity contribution in [3.63, 3.8) is 0 Å². The van der Waals surface area contributed by atoms with Gasteiger partial charge in [0.05, 0.1) is 46.3 Å². The van der Waals surface area contributed by atoms with Crippen molar-refractivity contribution in [2.45, 2.75) is 57.3 Å². The number of benzene rings is 1. The molecule has 5 unspecified atom stereocenters. The molecule has 5 rings (SSSR count). The molecule has 1 saturated carbocycles. The van der Waals surface area contributed by atoms with Crippen molar-refractivity contribution in [2.24, 2.45) is 5.92 Å². The summed E-state index contributed by atoms with van der Waals surface area (Å²) in [7, 11) is 0. The highest BCUT2D eigenvalue weighted by Gasteiger charge is 2.46. The third kappa shape index (κ3) is 6.31. The Balaban J connectivity index is 1.47. The average molecular weight is 597 g/mol. The number of alkyl halides is 5. The highest BCUT2D eigenvalue weighted by molar-refractivity contribution is 7.21. The van der Waals surface area contributed by atoms with Gasteiger partial charge >= 0.3 is 6.36 Å². The molecule has 9 nitrogen and oxygen atoms in total. The number of nitrogens with one attached hydrogen (secondary N) is 2. The van der Waals surface area contributed by atoms with E-state index >= 15 is 0 Å². The summed E-state index contributed by atoms with van der Waals surface area (Å²) in [5.41, 5.74) is 2.23. The molecule has 3 heterocycles. The first-order valence-electron chi connectivity index (χ1n) is 12.5. The first kappa shape index (κ1) is 28.8. The third-order valence-electron chi connectivity index (χ3n) is 6.83. The summed E-state index contributed by atoms with van der Waals surface area (Å²) >= 11 is 1.35. The standard InChI is InChI=1S/C26H25F5N6O3S/c1-11(13-3-5-14(6-4-13)40-26(29,30)31)33-25-34-12(2)19(24-36-17-10-32-8-7-18(17)41-24)23(37-25)35-16-9-15(22(27)28)20(38)21(16)39/h3-8,10-11,15-16,20-22,38-39H,9H2,1-2H3,(H2,33,34,35,37). The molecule has 4 N–H and O–H groups in total. The van der Waals surface area contributed by atoms with Crippen LogP contribution in [0.1, 0.15) is 30.6 Å². The highest BCUT2D eigenvalue weighted by Crippen LogP contribution is 2.39. The monoisotopic (exact) mass is 596 g/mol. The SMILES string of the molecule is Cc1nc(NC(C)c2ccc(OC(F)(F)F)cc2)nc(NC2CC(C(F)F)C(O)C2O)c1-c1nc2cnccc2s1. The van der Waals surface area contributed by atoms with Crippen LogP contribution in [0.15, 0.2) is 42.7 Å². The Hall–Kier alpha value is -3.69. The van der Waals surface area contributed by atoms with Gasteiger partial charge in [0.1, 0.15) is 28.2 Å². The summed E-state index contributed by atoms with van der Waals surface area (Å²) < 4.78 is 69.2. The van der Waals surface area contributed by atoms with Crippen LogP contribution >= 0.6 is 11.3 Å². The number of pyridine rings is 1. The zero-order chi connectivity index (χ0) is 29.5. The molecule has 0 radical (unpaired) electrons. The Morgan fingerprint density at radius 3 is 2.41 bits per heavy atom. The van der Waals surface area contributed by atoms with E-state index in [2.05, 4.69) is 35.3 Å². The molecule has 1 aliphatic carbocycles. The number of rotatable bonds is 8. The van der Waals surface area contributed by atoms with Crippen molar-refractivity contribution in [2.75, 3.05) is 10.6 Å². The van der Waals surface area contributed by atoms with E-state index < -0.39 is 43.0 Å². The Labute approximate surface area is 234 Å². The first-order chi connectivity index (χ1) is 19.4. The van der Waals surface area contributed by atoms with Gasteiger partial charge in [0, 0.05) is 6.20 Å². The van der Waals surface area contributed by atoms with Crippen molar-refractivity contribution in [1.82, 2.24) is 19.9 Å². The lowest BCUT2D eigenvalue weighted by Crippen LogP contribution is -2.36. The van der Waals surface area contributed by atoms with Crippen molar-refractivity contribution in [3.8, 4) is 16.3 Å². The summed E-state index contributed by atoms with van der Waals surface area (Å²) in [6.45, 7) is 3.47. The number of hydrogen-bond acceptors (Lipinski definition) is 10. The van der Waals surface area contributed by atoms with Crippen molar-refractivity contribution < 1.29 is 36.9 Å². The van der Waals surface area contributed by atoms with Gasteiger partial charge in [0.25, 0.3) is 0 Å². The minimum Gasteiger partial charge on any atom is -0.406 e. The molecule has 0 aliphatic heterocycles. The summed E-state index contributed by atoms with van der Waals surface area (Å²) in [6.07, 6.45) is -7.67. The molecule has 5 atom stereocenters. The lowest BCUT2D eigenvalue weighted by atomic mass is 10.1. The van der Waals surface area contributed by atoms with Crippen LogP contribution in [0, 0.1) is 12.8 Å². The van der Waals surface area contributed by atoms with E-state index in [1.54, 1.807) is 32.3 Å². The number of aliphatic hydroxyl groups is 2. The number of aliphatic hydroxyl groups excluding tert-OH is 2. The predicted molar refractivity (Wildman–Crippen MR) is 142 cm³/mol. The van der Waals surface area contributed by atoms with Gasteiger partial charge in [-0.15, -0.1) is 24.5 Å². The fraction of sp³-hybridized carbons (Fsp3) is 0.385. The van der Waals surface area contributed by atoms with Crippen molar-refractivity contribution in [3.05, 3.63) is 54.0 Å². The fourth-order valence-electron chi connectivity index (χ4n) is 4.76. The number of aromatic nitrogens is 4. The second-order valence-corrected chi connectivity index (χ2v) is 10.7. The molecule has 41 heavy (non-hydrogen) atoms. The highest BCUT2D eigenvalue weighted by atomic mass is 32.1. The van der Waals surface area contributed by atoms with E-state index in [1.165, 1.54) is 35.6 Å². The van der Waals surface area contributed by atoms with Crippen LogP contribution in [0.4, 0.5) is 33.7 Å². The Morgan fingerprint density at radius 2 is 1.78 bits per heavy atom. The van der Waals surface area contributed by atoms with Crippen LogP contribution in [0.2, 0.25) is 0 Å². The quantitative estimate of drug-likeness (QED) is 0.200. The van der Waals surface area contributed by atoms with Crippen LogP contribution < -0.4 is 15.4 Å². The Kier molecular flexibility index (Phi) is 7.94. The number of hydrogen-bond donors (Lipinski definition) is 4. The molecule has 0 amide bonds. The normalized spacial score (nSPS) is 21.8. The van der Waals surface area contributed by atoms with Gasteiger partial charge < -0.3 is 25.6 Å². The van der Waals surface area contributed by atoms with E-state index in [9.17, 15) is 32.2 Å². The molecule has 1 aromatic carbocycles. The summed E-state index contributed by atoms with van der Waals surface area (Å²) in [6, 6.07) is 5.73. The number of halogens is 5. The number of aryl methyl sites for hydroxylation is 1. The minimum atomic E-state index is -4.81. The maximum absolute atomic E-state index is 13.5. The smallest absolute Gasteiger partial charge is 0.406 e. The lowest BCUT2D eigenvalue weighted by Gasteiger charge is -2.22. The number of nitrogens with zero attached hydrogens (tertiary/aromatic N) is 4. The zero-order valence-corrected chi connectivity index (χ0v) is 22.4. The molecule has 1 aliphatic rings. The summed E-state index contributed by atoms with van der Waals surface area (Å²) in [5, 5.41) is 27.4. The molecule has 218 valence electrons. The lowest BCUT2D eigenvalue weighted by molar-refractivity contribution is -0.274. The van der Waals surface area contributed by atoms with Crippen LogP contribution in [-0.4, -0.2) is 61.2 Å². The maximum Gasteiger partial charge on any atom is 0.573 e. The van der Waals surface area contributed by atoms with E-state index in [4.69, 9.17) is 0 Å². The van der Waals surface area contributed by atoms with E-state index in [-0.39, 0.29) is 23.9 Å². The molecule has 0 spiro atoms. The van der Waals surface area contributed by atoms with Crippen molar-refractivity contribution >= 4 is 33.3 Å². The zero-order valence-electron chi connectivity index (χ0n) is 21.6. The second-order valence-electron chi connectivity index (χ2n) is 9.67. The Morgan fingerprint density at radius 1 is 1.05 bits per heavy atom. The second kappa shape index (κ2) is 11.3. The molecule has 1 fully saturated rings. The molecule has 0 bridgehead atoms. The summed E-state index contributed by atoms with van der Waals surface area (Å²) in [4.78, 5) is 17.8. The molecule has 3 aromatic heterocycles. The molecule has 0 saturated heterocycles. The van der Waals surface area contributed by atoms with Gasteiger partial charge in [0.2, 0.25) is 12.4 Å². The van der Waals surface area contributed by atoms with Crippen molar-refractivity contribution in [1.29, 1.82) is 0 Å². The summed E-state index contributed by atoms with van der Waals surface area (Å²) in [5.74, 6) is -1.43. The topological polar surface area (TPSA) is 125 Å². The Bertz CT molecular complexity index is 1490. The fourth-order valence-corrected chi connectivity index (χ4v) is 5.79. The van der Waals surface area contributed by atoms with Gasteiger partial charge in [-0.25, -0.2) is 18.7 Å². The van der Waals surface area contributed by atoms with E-state index in [0.29, 0.717) is 27.3 Å². The molecular weight excluding hydrogens is 571 g/mol. The number of fused-ring (bicyclic) bond motifs is 1. The molecule has 15 heteroatoms. The number of thiazole rings is 1. The number of ether oxygens (including phenoxy) is 1. The van der Waals surface area contributed by atoms with Crippen LogP contribution in [0.5, 0.6) is 5.75 Å². The van der Waals surface area contributed by atoms with Gasteiger partial charge in [-0.2, -0.15) is 4.98 Å². The predicted octanol–water partition coefficient (Wildman–Crippen LogP) is 5.32. The van der Waals surface area contributed by atoms with Crippen LogP contribution in [0.3, 0.4) is 0 Å². The minimum absolute atomic E-state index is 0.137. The van der Waals surface area contributed by atoms with E-state index in [0.717, 1.165) is 4.70 Å². The number of anilines is 2. The van der Waals surface area contributed by atoms with Gasteiger partial charge in [-0.1, -0.05) is 12.1 Å². The molecular formula is C26H25F5N6O3S. The first-order valence-corrected chi connectivity index (χ1v) is 13.3.